The first kappa shape index (κ1) is 15.4. The number of nitrogens with one attached hydrogen (secondary N) is 1. The minimum atomic E-state index is -0.0589. The lowest BCUT2D eigenvalue weighted by Gasteiger charge is -2.39. The van der Waals surface area contributed by atoms with Gasteiger partial charge in [0.25, 0.3) is 11.5 Å². The number of carbonyl (C=O) groups excluding carboxylic acids is 1. The fraction of sp³-hybridized carbons (Fsp3) is 0.350. The molecule has 0 atom stereocenters. The lowest BCUT2D eigenvalue weighted by Crippen LogP contribution is -2.52. The van der Waals surface area contributed by atoms with Gasteiger partial charge in [-0.1, -0.05) is 6.07 Å². The first-order valence-corrected chi connectivity index (χ1v) is 9.12. The lowest BCUT2D eigenvalue weighted by atomic mass is 9.98. The van der Waals surface area contributed by atoms with Crippen molar-refractivity contribution >= 4 is 16.8 Å². The van der Waals surface area contributed by atoms with Crippen LogP contribution in [-0.4, -0.2) is 38.7 Å². The predicted molar refractivity (Wildman–Crippen MR) is 98.2 cm³/mol. The molecule has 1 amide bonds. The summed E-state index contributed by atoms with van der Waals surface area (Å²) in [6.07, 6.45) is 4.21. The van der Waals surface area contributed by atoms with Crippen LogP contribution in [-0.2, 0) is 6.54 Å². The average Bonchev–Trinajstić information content (AvgIpc) is 3.35. The Bertz CT molecular complexity index is 1040. The summed E-state index contributed by atoms with van der Waals surface area (Å²) in [5.41, 5.74) is 2.64. The molecule has 6 heteroatoms. The summed E-state index contributed by atoms with van der Waals surface area (Å²) >= 11 is 0. The van der Waals surface area contributed by atoms with Crippen molar-refractivity contribution in [2.75, 3.05) is 13.1 Å². The van der Waals surface area contributed by atoms with Gasteiger partial charge in [-0.15, -0.1) is 0 Å². The van der Waals surface area contributed by atoms with Crippen LogP contribution in [0.2, 0.25) is 0 Å². The van der Waals surface area contributed by atoms with Crippen LogP contribution in [0.4, 0.5) is 0 Å². The Hall–Kier alpha value is -2.89. The Balaban J connectivity index is 1.25. The molecule has 3 heterocycles. The second-order valence-electron chi connectivity index (χ2n) is 7.41. The van der Waals surface area contributed by atoms with Crippen LogP contribution in [0.25, 0.3) is 10.9 Å². The highest BCUT2D eigenvalue weighted by Gasteiger charge is 2.32. The summed E-state index contributed by atoms with van der Waals surface area (Å²) in [6, 6.07) is 11.2. The van der Waals surface area contributed by atoms with Crippen molar-refractivity contribution in [3.05, 3.63) is 64.2 Å². The Morgan fingerprint density at radius 3 is 2.81 bits per heavy atom. The van der Waals surface area contributed by atoms with Crippen LogP contribution in [0.1, 0.15) is 34.8 Å². The van der Waals surface area contributed by atoms with Crippen LogP contribution in [0, 0.1) is 5.92 Å². The van der Waals surface area contributed by atoms with Crippen molar-refractivity contribution in [3.63, 3.8) is 0 Å². The van der Waals surface area contributed by atoms with Crippen LogP contribution < -0.4 is 5.56 Å². The monoisotopic (exact) mass is 348 g/mol. The van der Waals surface area contributed by atoms with Crippen molar-refractivity contribution in [2.45, 2.75) is 25.3 Å². The molecule has 5 rings (SSSR count). The molecule has 1 aliphatic carbocycles. The summed E-state index contributed by atoms with van der Waals surface area (Å²) in [4.78, 5) is 29.7. The highest BCUT2D eigenvalue weighted by Crippen LogP contribution is 2.38. The van der Waals surface area contributed by atoms with Crippen molar-refractivity contribution in [2.24, 2.45) is 5.92 Å². The first-order valence-electron chi connectivity index (χ1n) is 9.12. The number of aromatic nitrogens is 3. The predicted octanol–water partition coefficient (Wildman–Crippen LogP) is 2.37. The number of amides is 1. The van der Waals surface area contributed by atoms with E-state index in [0.717, 1.165) is 16.6 Å². The van der Waals surface area contributed by atoms with Gasteiger partial charge in [0.2, 0.25) is 0 Å². The quantitative estimate of drug-likeness (QED) is 0.787. The third kappa shape index (κ3) is 2.71. The maximum atomic E-state index is 12.6. The number of hydrogen-bond donors (Lipinski definition) is 1. The fourth-order valence-electron chi connectivity index (χ4n) is 3.65. The van der Waals surface area contributed by atoms with E-state index in [0.29, 0.717) is 31.1 Å². The molecule has 2 aromatic heterocycles. The molecule has 1 saturated heterocycles. The van der Waals surface area contributed by atoms with Gasteiger partial charge in [0.1, 0.15) is 0 Å². The highest BCUT2D eigenvalue weighted by atomic mass is 16.2. The van der Waals surface area contributed by atoms with Gasteiger partial charge in [0.05, 0.1) is 12.2 Å². The molecule has 3 aromatic rings. The fourth-order valence-corrected chi connectivity index (χ4v) is 3.65. The Labute approximate surface area is 150 Å². The first-order chi connectivity index (χ1) is 12.7. The molecule has 1 aromatic carbocycles. The zero-order chi connectivity index (χ0) is 17.7. The molecule has 0 radical (unpaired) electrons. The molecule has 0 spiro atoms. The van der Waals surface area contributed by atoms with E-state index in [1.165, 1.54) is 12.8 Å². The summed E-state index contributed by atoms with van der Waals surface area (Å²) in [6.45, 7) is 1.92. The highest BCUT2D eigenvalue weighted by molar-refractivity contribution is 5.98. The van der Waals surface area contributed by atoms with E-state index in [1.807, 2.05) is 41.4 Å². The average molecular weight is 348 g/mol. The van der Waals surface area contributed by atoms with Crippen LogP contribution in [0.15, 0.2) is 47.4 Å². The summed E-state index contributed by atoms with van der Waals surface area (Å²) in [5.74, 6) is 0.863. The Morgan fingerprint density at radius 2 is 2.00 bits per heavy atom. The van der Waals surface area contributed by atoms with E-state index in [4.69, 9.17) is 0 Å². The number of H-pyrrole nitrogens is 1. The van der Waals surface area contributed by atoms with E-state index in [-0.39, 0.29) is 17.4 Å². The number of benzene rings is 1. The van der Waals surface area contributed by atoms with Crippen LogP contribution >= 0.6 is 0 Å². The van der Waals surface area contributed by atoms with Crippen LogP contribution in [0.3, 0.4) is 0 Å². The number of hydrogen-bond acceptors (Lipinski definition) is 3. The van der Waals surface area contributed by atoms with Gasteiger partial charge in [-0.05, 0) is 42.5 Å². The van der Waals surface area contributed by atoms with E-state index in [9.17, 15) is 9.59 Å². The third-order valence-electron chi connectivity index (χ3n) is 5.36. The summed E-state index contributed by atoms with van der Waals surface area (Å²) in [5, 5.41) is 5.61. The van der Waals surface area contributed by atoms with Gasteiger partial charge in [0, 0.05) is 48.3 Å². The molecule has 1 aliphatic heterocycles. The third-order valence-corrected chi connectivity index (χ3v) is 5.36. The van der Waals surface area contributed by atoms with Crippen molar-refractivity contribution in [1.29, 1.82) is 0 Å². The van der Waals surface area contributed by atoms with Crippen molar-refractivity contribution < 1.29 is 4.79 Å². The standard InChI is InChI=1S/C20H20N4O2/c25-19-6-5-17(14-1-2-14)22-24(19)12-13-10-23(11-13)20(26)16-4-3-15-7-8-21-18(15)9-16/h3-9,13-14,21H,1-2,10-12H2. The van der Waals surface area contributed by atoms with E-state index in [2.05, 4.69) is 10.1 Å². The summed E-state index contributed by atoms with van der Waals surface area (Å²) < 4.78 is 1.57. The van der Waals surface area contributed by atoms with Crippen LogP contribution in [0.5, 0.6) is 0 Å². The molecule has 132 valence electrons. The number of nitrogens with zero attached hydrogens (tertiary/aromatic N) is 3. The molecule has 1 N–H and O–H groups in total. The minimum Gasteiger partial charge on any atom is -0.361 e. The molecular formula is C20H20N4O2. The maximum Gasteiger partial charge on any atom is 0.266 e. The minimum absolute atomic E-state index is 0.0461. The topological polar surface area (TPSA) is 71.0 Å². The SMILES string of the molecule is O=C(c1ccc2cc[nH]c2c1)N1CC(Cn2nc(C3CC3)ccc2=O)C1. The van der Waals surface area contributed by atoms with E-state index < -0.39 is 0 Å². The van der Waals surface area contributed by atoms with Gasteiger partial charge in [-0.2, -0.15) is 5.10 Å². The number of fused-ring (bicyclic) bond motifs is 1. The molecule has 1 saturated carbocycles. The Kier molecular flexibility index (Phi) is 3.45. The van der Waals surface area contributed by atoms with E-state index >= 15 is 0 Å². The van der Waals surface area contributed by atoms with Gasteiger partial charge in [-0.25, -0.2) is 4.68 Å². The zero-order valence-electron chi connectivity index (χ0n) is 14.4. The Morgan fingerprint density at radius 1 is 1.15 bits per heavy atom. The maximum absolute atomic E-state index is 12.6. The molecule has 0 bridgehead atoms. The number of rotatable bonds is 4. The summed E-state index contributed by atoms with van der Waals surface area (Å²) in [7, 11) is 0. The zero-order valence-corrected chi connectivity index (χ0v) is 14.4. The second-order valence-corrected chi connectivity index (χ2v) is 7.41. The van der Waals surface area contributed by atoms with E-state index in [1.54, 1.807) is 10.7 Å². The number of likely N-dealkylation sites (tertiary alicyclic amines) is 1. The largest absolute Gasteiger partial charge is 0.361 e. The van der Waals surface area contributed by atoms with Gasteiger partial charge < -0.3 is 9.88 Å². The molecule has 2 aliphatic rings. The molecule has 2 fully saturated rings. The molecule has 26 heavy (non-hydrogen) atoms. The normalized spacial score (nSPS) is 17.5. The van der Waals surface area contributed by atoms with Gasteiger partial charge in [0.15, 0.2) is 0 Å². The van der Waals surface area contributed by atoms with Crippen molar-refractivity contribution in [3.8, 4) is 0 Å². The molecule has 6 nitrogen and oxygen atoms in total. The number of carbonyl (C=O) groups is 1. The van der Waals surface area contributed by atoms with Gasteiger partial charge >= 0.3 is 0 Å². The molecule has 0 unspecified atom stereocenters. The lowest BCUT2D eigenvalue weighted by molar-refractivity contribution is 0.0458. The smallest absolute Gasteiger partial charge is 0.266 e. The molecular weight excluding hydrogens is 328 g/mol. The second kappa shape index (κ2) is 5.83. The number of aromatic amines is 1. The van der Waals surface area contributed by atoms with Crippen molar-refractivity contribution in [1.82, 2.24) is 19.7 Å². The van der Waals surface area contributed by atoms with Gasteiger partial charge in [-0.3, -0.25) is 9.59 Å².